The Morgan fingerprint density at radius 3 is 2.44 bits per heavy atom. The molecule has 0 bridgehead atoms. The van der Waals surface area contributed by atoms with Gasteiger partial charge in [0.05, 0.1) is 19.1 Å². The van der Waals surface area contributed by atoms with Gasteiger partial charge in [-0.3, -0.25) is 4.79 Å². The largest absolute Gasteiger partial charge is 0.517 e. The molecule has 0 radical (unpaired) electrons. The molecule has 1 aromatic carbocycles. The van der Waals surface area contributed by atoms with E-state index >= 15 is 0 Å². The van der Waals surface area contributed by atoms with E-state index in [0.717, 1.165) is 13.2 Å². The van der Waals surface area contributed by atoms with Crippen molar-refractivity contribution in [2.24, 2.45) is 0 Å². The number of rotatable bonds is 4. The van der Waals surface area contributed by atoms with Crippen LogP contribution in [0, 0.1) is 0 Å². The first-order valence-electron chi connectivity index (χ1n) is 6.77. The molecule has 1 aromatic heterocycles. The van der Waals surface area contributed by atoms with Crippen LogP contribution in [0.1, 0.15) is 17.3 Å². The van der Waals surface area contributed by atoms with Crippen molar-refractivity contribution in [3.63, 3.8) is 0 Å². The molecular formula is C14H12F3NO6S. The zero-order chi connectivity index (χ0) is 19.0. The maximum Gasteiger partial charge on any atom is 0.517 e. The molecule has 1 heterocycles. The van der Waals surface area contributed by atoms with Gasteiger partial charge in [-0.05, 0) is 19.1 Å². The number of para-hydroxylation sites is 1. The van der Waals surface area contributed by atoms with Gasteiger partial charge in [0.2, 0.25) is 5.43 Å². The third-order valence-electron chi connectivity index (χ3n) is 3.22. The lowest BCUT2D eigenvalue weighted by Gasteiger charge is -2.17. The number of hydrogen-bond donors (Lipinski definition) is 0. The zero-order valence-electron chi connectivity index (χ0n) is 13.0. The van der Waals surface area contributed by atoms with Crippen molar-refractivity contribution in [1.29, 1.82) is 0 Å². The summed E-state index contributed by atoms with van der Waals surface area (Å²) in [5.74, 6) is -1.51. The average Bonchev–Trinajstić information content (AvgIpc) is 2.53. The number of benzene rings is 1. The van der Waals surface area contributed by atoms with Gasteiger partial charge in [-0.15, -0.1) is 0 Å². The van der Waals surface area contributed by atoms with Gasteiger partial charge in [0.25, 0.3) is 0 Å². The van der Waals surface area contributed by atoms with E-state index < -0.39 is 43.4 Å². The van der Waals surface area contributed by atoms with Crippen molar-refractivity contribution in [2.45, 2.75) is 12.4 Å². The fourth-order valence-corrected chi connectivity index (χ4v) is 3.03. The van der Waals surface area contributed by atoms with E-state index in [4.69, 9.17) is 4.74 Å². The predicted molar refractivity (Wildman–Crippen MR) is 81.1 cm³/mol. The van der Waals surface area contributed by atoms with Crippen LogP contribution in [0.25, 0.3) is 10.9 Å². The van der Waals surface area contributed by atoms with Gasteiger partial charge >= 0.3 is 21.5 Å². The molecule has 0 atom stereocenters. The molecule has 0 amide bonds. The first-order valence-corrected chi connectivity index (χ1v) is 8.21. The van der Waals surface area contributed by atoms with Crippen LogP contribution >= 0.6 is 0 Å². The quantitative estimate of drug-likeness (QED) is 0.754. The van der Waals surface area contributed by atoms with Crippen LogP contribution in [-0.2, 0) is 14.8 Å². The molecule has 0 aliphatic rings. The summed E-state index contributed by atoms with van der Waals surface area (Å²) in [6.07, 6.45) is 0.300. The number of alkyl halides is 3. The highest BCUT2D eigenvalue weighted by atomic mass is 32.2. The van der Waals surface area contributed by atoms with Gasteiger partial charge in [0.15, 0.2) is 0 Å². The molecular weight excluding hydrogens is 367 g/mol. The van der Waals surface area contributed by atoms with Crippen LogP contribution in [0.4, 0.5) is 13.2 Å². The summed E-state index contributed by atoms with van der Waals surface area (Å²) in [4.78, 5) is 24.2. The molecule has 2 rings (SSSR count). The van der Waals surface area contributed by atoms with E-state index in [2.05, 4.69) is 4.74 Å². The highest BCUT2D eigenvalue weighted by Crippen LogP contribution is 2.31. The summed E-state index contributed by atoms with van der Waals surface area (Å²) >= 11 is 0. The predicted octanol–water partition coefficient (Wildman–Crippen LogP) is 1.88. The summed E-state index contributed by atoms with van der Waals surface area (Å²) in [5.41, 5.74) is -8.10. The Kier molecular flexibility index (Phi) is 4.80. The van der Waals surface area contributed by atoms with Crippen LogP contribution in [0.3, 0.4) is 0 Å². The Balaban J connectivity index is 3.04. The SMILES string of the molecule is CCOC(=O)c1cn(S(=O)(=O)C(F)(F)F)c2c(OC)cccc2c1=O. The van der Waals surface area contributed by atoms with Crippen molar-refractivity contribution in [1.82, 2.24) is 3.97 Å². The van der Waals surface area contributed by atoms with Gasteiger partial charge < -0.3 is 9.47 Å². The second-order valence-electron chi connectivity index (χ2n) is 4.70. The van der Waals surface area contributed by atoms with Crippen LogP contribution in [0.5, 0.6) is 5.75 Å². The molecule has 0 aliphatic heterocycles. The van der Waals surface area contributed by atoms with Crippen molar-refractivity contribution in [3.8, 4) is 5.75 Å². The van der Waals surface area contributed by atoms with E-state index in [9.17, 15) is 31.2 Å². The van der Waals surface area contributed by atoms with Crippen LogP contribution in [-0.4, -0.2) is 37.6 Å². The maximum atomic E-state index is 13.0. The van der Waals surface area contributed by atoms with Gasteiger partial charge in [-0.2, -0.15) is 21.6 Å². The monoisotopic (exact) mass is 379 g/mol. The molecule has 7 nitrogen and oxygen atoms in total. The first-order chi connectivity index (χ1) is 11.6. The Morgan fingerprint density at radius 1 is 1.28 bits per heavy atom. The second-order valence-corrected chi connectivity index (χ2v) is 6.50. The minimum absolute atomic E-state index is 0.152. The number of aromatic nitrogens is 1. The van der Waals surface area contributed by atoms with Crippen molar-refractivity contribution >= 4 is 26.9 Å². The number of pyridine rings is 1. The third kappa shape index (κ3) is 3.06. The number of nitrogens with zero attached hydrogens (tertiary/aromatic N) is 1. The Bertz CT molecular complexity index is 994. The zero-order valence-corrected chi connectivity index (χ0v) is 13.8. The molecule has 2 aromatic rings. The summed E-state index contributed by atoms with van der Waals surface area (Å²) in [7, 11) is -4.83. The number of esters is 1. The van der Waals surface area contributed by atoms with Crippen LogP contribution < -0.4 is 10.2 Å². The molecule has 0 saturated heterocycles. The molecule has 0 unspecified atom stereocenters. The topological polar surface area (TPSA) is 91.7 Å². The Hall–Kier alpha value is -2.56. The van der Waals surface area contributed by atoms with Gasteiger partial charge in [-0.1, -0.05) is 6.07 Å². The number of halogens is 3. The smallest absolute Gasteiger partial charge is 0.495 e. The van der Waals surface area contributed by atoms with E-state index in [1.165, 1.54) is 19.1 Å². The van der Waals surface area contributed by atoms with Crippen molar-refractivity contribution in [2.75, 3.05) is 13.7 Å². The molecule has 11 heteroatoms. The molecule has 136 valence electrons. The van der Waals surface area contributed by atoms with Crippen molar-refractivity contribution < 1.29 is 35.9 Å². The lowest BCUT2D eigenvalue weighted by Crippen LogP contribution is -2.32. The Morgan fingerprint density at radius 2 is 1.92 bits per heavy atom. The lowest BCUT2D eigenvalue weighted by molar-refractivity contribution is -0.0445. The summed E-state index contributed by atoms with van der Waals surface area (Å²) in [6, 6.07) is 3.56. The summed E-state index contributed by atoms with van der Waals surface area (Å²) in [6.45, 7) is 1.27. The van der Waals surface area contributed by atoms with Crippen molar-refractivity contribution in [3.05, 3.63) is 40.2 Å². The van der Waals surface area contributed by atoms with Gasteiger partial charge in [-0.25, -0.2) is 8.77 Å². The normalized spacial score (nSPS) is 12.2. The van der Waals surface area contributed by atoms with E-state index in [1.807, 2.05) is 0 Å². The van der Waals surface area contributed by atoms with Gasteiger partial charge in [0, 0.05) is 6.20 Å². The number of methoxy groups -OCH3 is 1. The molecule has 0 N–H and O–H groups in total. The fraction of sp³-hybridized carbons (Fsp3) is 0.286. The highest BCUT2D eigenvalue weighted by molar-refractivity contribution is 7.90. The Labute approximate surface area is 139 Å². The lowest BCUT2D eigenvalue weighted by atomic mass is 10.1. The minimum atomic E-state index is -5.93. The third-order valence-corrected chi connectivity index (χ3v) is 4.61. The first kappa shape index (κ1) is 18.8. The van der Waals surface area contributed by atoms with E-state index in [0.29, 0.717) is 6.20 Å². The summed E-state index contributed by atoms with van der Waals surface area (Å²) < 4.78 is 72.2. The molecule has 25 heavy (non-hydrogen) atoms. The molecule has 0 fully saturated rings. The maximum absolute atomic E-state index is 13.0. The standard InChI is InChI=1S/C14H12F3NO6S/c1-3-24-13(20)9-7-18(25(21,22)14(15,16)17)11-8(12(9)19)5-4-6-10(11)23-2/h4-7H,3H2,1-2H3. The number of carbonyl (C=O) groups is 1. The second kappa shape index (κ2) is 6.39. The number of fused-ring (bicyclic) bond motifs is 1. The van der Waals surface area contributed by atoms with Crippen LogP contribution in [0.15, 0.2) is 29.2 Å². The number of ether oxygens (including phenoxy) is 2. The molecule has 0 saturated carbocycles. The van der Waals surface area contributed by atoms with E-state index in [1.54, 1.807) is 0 Å². The average molecular weight is 379 g/mol. The summed E-state index contributed by atoms with van der Waals surface area (Å²) in [5, 5.41) is -0.433. The van der Waals surface area contributed by atoms with Gasteiger partial charge in [0.1, 0.15) is 16.8 Å². The van der Waals surface area contributed by atoms with Crippen LogP contribution in [0.2, 0.25) is 0 Å². The highest BCUT2D eigenvalue weighted by Gasteiger charge is 2.48. The number of hydrogen-bond acceptors (Lipinski definition) is 6. The van der Waals surface area contributed by atoms with E-state index in [-0.39, 0.29) is 16.3 Å². The minimum Gasteiger partial charge on any atom is -0.495 e. The fourth-order valence-electron chi connectivity index (χ4n) is 2.14. The number of carbonyl (C=O) groups excluding carboxylic acids is 1. The molecule has 0 aliphatic carbocycles. The molecule has 0 spiro atoms.